The van der Waals surface area contributed by atoms with Crippen molar-refractivity contribution >= 4 is 39.3 Å². The molecule has 0 bridgehead atoms. The molecule has 0 radical (unpaired) electrons. The molecule has 10 rings (SSSR count). The van der Waals surface area contributed by atoms with Gasteiger partial charge in [0.1, 0.15) is 0 Å². The van der Waals surface area contributed by atoms with Crippen molar-refractivity contribution in [1.82, 2.24) is 4.57 Å². The molecule has 8 aromatic carbocycles. The summed E-state index contributed by atoms with van der Waals surface area (Å²) in [4.78, 5) is 31.5. The number of imide groups is 1. The van der Waals surface area contributed by atoms with E-state index in [9.17, 15) is 4.79 Å². The van der Waals surface area contributed by atoms with Gasteiger partial charge in [0.05, 0.1) is 33.5 Å². The van der Waals surface area contributed by atoms with Gasteiger partial charge in [-0.15, -0.1) is 0 Å². The van der Waals surface area contributed by atoms with Gasteiger partial charge in [-0.05, 0) is 90.9 Å². The standard InChI is InChI=1S/C54H40N2O2/c1-33-24-27-40(35(3)30-33)42-18-11-20-44-45-21-12-19-43(41-28-25-34(2)31-36(41)4)52(45)55(51(42)44)49-23-13-22-46-50(49)54(58)56(53(46)57)48-29-26-39(37-14-7-5-8-15-37)32-47(48)38-16-9-6-10-17-38/h5-32H,1-4H3. The Kier molecular flexibility index (Phi) is 8.31. The maximum absolute atomic E-state index is 15.3. The van der Waals surface area contributed by atoms with Gasteiger partial charge in [0, 0.05) is 27.5 Å². The van der Waals surface area contributed by atoms with Crippen molar-refractivity contribution in [2.24, 2.45) is 0 Å². The number of benzene rings is 8. The average Bonchev–Trinajstić information content (AvgIpc) is 3.72. The number of aryl methyl sites for hydroxylation is 4. The lowest BCUT2D eigenvalue weighted by atomic mass is 9.95. The molecular weight excluding hydrogens is 709 g/mol. The number of aromatic nitrogens is 1. The van der Waals surface area contributed by atoms with Crippen LogP contribution in [0.2, 0.25) is 0 Å². The molecule has 0 saturated heterocycles. The monoisotopic (exact) mass is 748 g/mol. The Balaban J connectivity index is 1.26. The molecule has 9 aromatic rings. The van der Waals surface area contributed by atoms with Crippen LogP contribution in [0.15, 0.2) is 170 Å². The van der Waals surface area contributed by atoms with Crippen molar-refractivity contribution < 1.29 is 9.59 Å². The van der Waals surface area contributed by atoms with Crippen molar-refractivity contribution in [2.45, 2.75) is 27.7 Å². The zero-order valence-corrected chi connectivity index (χ0v) is 32.9. The van der Waals surface area contributed by atoms with E-state index >= 15 is 4.79 Å². The van der Waals surface area contributed by atoms with Gasteiger partial charge in [0.15, 0.2) is 0 Å². The number of amides is 2. The minimum atomic E-state index is -0.344. The maximum Gasteiger partial charge on any atom is 0.268 e. The van der Waals surface area contributed by atoms with Crippen LogP contribution < -0.4 is 4.90 Å². The number of fused-ring (bicyclic) bond motifs is 4. The first-order valence-electron chi connectivity index (χ1n) is 19.8. The Bertz CT molecular complexity index is 3030. The molecule has 1 aliphatic heterocycles. The number of anilines is 1. The van der Waals surface area contributed by atoms with Crippen LogP contribution >= 0.6 is 0 Å². The van der Waals surface area contributed by atoms with E-state index in [0.717, 1.165) is 66.3 Å². The van der Waals surface area contributed by atoms with E-state index in [-0.39, 0.29) is 11.8 Å². The SMILES string of the molecule is Cc1ccc(-c2cccc3c4cccc(-c5ccc(C)cc5C)c4n(-c4cccc5c4C(=O)N(c4ccc(-c6ccccc6)cc4-c4ccccc4)C5=O)c23)c(C)c1. The number of carbonyl (C=O) groups is 2. The zero-order chi connectivity index (χ0) is 39.7. The lowest BCUT2D eigenvalue weighted by Crippen LogP contribution is -2.30. The van der Waals surface area contributed by atoms with Crippen LogP contribution in [0.3, 0.4) is 0 Å². The normalized spacial score (nSPS) is 12.5. The summed E-state index contributed by atoms with van der Waals surface area (Å²) in [6.07, 6.45) is 0. The third kappa shape index (κ3) is 5.52. The van der Waals surface area contributed by atoms with Crippen LogP contribution in [0.1, 0.15) is 43.0 Å². The molecule has 2 amide bonds. The van der Waals surface area contributed by atoms with Gasteiger partial charge in [-0.2, -0.15) is 0 Å². The average molecular weight is 749 g/mol. The van der Waals surface area contributed by atoms with E-state index in [4.69, 9.17) is 0 Å². The van der Waals surface area contributed by atoms with Crippen LogP contribution in [-0.4, -0.2) is 16.4 Å². The quantitative estimate of drug-likeness (QED) is 0.159. The highest BCUT2D eigenvalue weighted by atomic mass is 16.2. The van der Waals surface area contributed by atoms with Crippen LogP contribution in [0, 0.1) is 27.7 Å². The maximum atomic E-state index is 15.3. The minimum absolute atomic E-state index is 0.337. The summed E-state index contributed by atoms with van der Waals surface area (Å²) in [5.74, 6) is -0.681. The first-order valence-corrected chi connectivity index (χ1v) is 19.8. The van der Waals surface area contributed by atoms with Gasteiger partial charge < -0.3 is 4.57 Å². The Morgan fingerprint density at radius 3 is 1.47 bits per heavy atom. The first-order chi connectivity index (χ1) is 28.3. The summed E-state index contributed by atoms with van der Waals surface area (Å²) in [5.41, 5.74) is 16.9. The Morgan fingerprint density at radius 2 is 0.897 bits per heavy atom. The van der Waals surface area contributed by atoms with Crippen molar-refractivity contribution in [1.29, 1.82) is 0 Å². The van der Waals surface area contributed by atoms with Gasteiger partial charge >= 0.3 is 0 Å². The second-order valence-corrected chi connectivity index (χ2v) is 15.5. The topological polar surface area (TPSA) is 42.3 Å². The van der Waals surface area contributed by atoms with Crippen molar-refractivity contribution in [3.63, 3.8) is 0 Å². The highest BCUT2D eigenvalue weighted by Gasteiger charge is 2.41. The molecule has 0 saturated carbocycles. The highest BCUT2D eigenvalue weighted by Crippen LogP contribution is 2.46. The largest absolute Gasteiger partial charge is 0.307 e. The second-order valence-electron chi connectivity index (χ2n) is 15.5. The Labute approximate surface area is 338 Å². The van der Waals surface area contributed by atoms with Gasteiger partial charge in [0.2, 0.25) is 0 Å². The molecule has 0 atom stereocenters. The van der Waals surface area contributed by atoms with E-state index in [2.05, 4.69) is 123 Å². The highest BCUT2D eigenvalue weighted by molar-refractivity contribution is 6.36. The molecular formula is C54H40N2O2. The number of hydrogen-bond acceptors (Lipinski definition) is 2. The van der Waals surface area contributed by atoms with E-state index in [1.807, 2.05) is 72.8 Å². The van der Waals surface area contributed by atoms with E-state index in [1.54, 1.807) is 6.07 Å². The van der Waals surface area contributed by atoms with Crippen molar-refractivity contribution in [3.05, 3.63) is 203 Å². The van der Waals surface area contributed by atoms with E-state index in [0.29, 0.717) is 22.5 Å². The lowest BCUT2D eigenvalue weighted by molar-refractivity contribution is 0.0926. The minimum Gasteiger partial charge on any atom is -0.307 e. The summed E-state index contributed by atoms with van der Waals surface area (Å²) in [6.45, 7) is 8.54. The summed E-state index contributed by atoms with van der Waals surface area (Å²) in [5, 5.41) is 2.15. The zero-order valence-electron chi connectivity index (χ0n) is 32.9. The van der Waals surface area contributed by atoms with Gasteiger partial charge in [0.25, 0.3) is 11.8 Å². The molecule has 278 valence electrons. The summed E-state index contributed by atoms with van der Waals surface area (Å²) < 4.78 is 2.26. The third-order valence-corrected chi connectivity index (χ3v) is 11.7. The van der Waals surface area contributed by atoms with Crippen LogP contribution in [0.25, 0.3) is 72.0 Å². The Morgan fingerprint density at radius 1 is 0.362 bits per heavy atom. The molecule has 0 fully saturated rings. The predicted molar refractivity (Wildman–Crippen MR) is 239 cm³/mol. The van der Waals surface area contributed by atoms with Crippen LogP contribution in [0.4, 0.5) is 5.69 Å². The van der Waals surface area contributed by atoms with E-state index in [1.165, 1.54) is 27.2 Å². The van der Waals surface area contributed by atoms with Crippen molar-refractivity contribution in [2.75, 3.05) is 4.90 Å². The smallest absolute Gasteiger partial charge is 0.268 e. The molecule has 4 heteroatoms. The molecule has 0 aliphatic carbocycles. The molecule has 1 aliphatic rings. The van der Waals surface area contributed by atoms with E-state index < -0.39 is 0 Å². The van der Waals surface area contributed by atoms with Gasteiger partial charge in [-0.3, -0.25) is 9.59 Å². The third-order valence-electron chi connectivity index (χ3n) is 11.7. The summed E-state index contributed by atoms with van der Waals surface area (Å²) >= 11 is 0. The molecule has 0 unspecified atom stereocenters. The number of rotatable bonds is 6. The summed E-state index contributed by atoms with van der Waals surface area (Å²) in [6, 6.07) is 58.0. The number of carbonyl (C=O) groups excluding carboxylic acids is 2. The molecule has 2 heterocycles. The molecule has 0 N–H and O–H groups in total. The van der Waals surface area contributed by atoms with Gasteiger partial charge in [-0.1, -0.05) is 157 Å². The second kappa shape index (κ2) is 13.7. The number of hydrogen-bond donors (Lipinski definition) is 0. The Hall–Kier alpha value is -7.30. The fourth-order valence-corrected chi connectivity index (χ4v) is 9.09. The van der Waals surface area contributed by atoms with Crippen LogP contribution in [0.5, 0.6) is 0 Å². The molecule has 0 spiro atoms. The van der Waals surface area contributed by atoms with Gasteiger partial charge in [-0.25, -0.2) is 4.90 Å². The molecule has 58 heavy (non-hydrogen) atoms. The fraction of sp³-hybridized carbons (Fsp3) is 0.0741. The predicted octanol–water partition coefficient (Wildman–Crippen LogP) is 13.5. The molecule has 1 aromatic heterocycles. The fourth-order valence-electron chi connectivity index (χ4n) is 9.09. The first kappa shape index (κ1) is 35.1. The van der Waals surface area contributed by atoms with Crippen LogP contribution in [-0.2, 0) is 0 Å². The number of nitrogens with zero attached hydrogens (tertiary/aromatic N) is 2. The lowest BCUT2D eigenvalue weighted by Gasteiger charge is -2.20. The number of para-hydroxylation sites is 2. The molecule has 4 nitrogen and oxygen atoms in total. The summed E-state index contributed by atoms with van der Waals surface area (Å²) in [7, 11) is 0. The van der Waals surface area contributed by atoms with Crippen molar-refractivity contribution in [3.8, 4) is 50.2 Å².